The van der Waals surface area contributed by atoms with Crippen molar-refractivity contribution in [2.24, 2.45) is 0 Å². The van der Waals surface area contributed by atoms with E-state index < -0.39 is 6.16 Å². The second-order valence-corrected chi connectivity index (χ2v) is 7.18. The highest BCUT2D eigenvalue weighted by Crippen LogP contribution is 2.18. The van der Waals surface area contributed by atoms with Gasteiger partial charge in [0.25, 0.3) is 5.91 Å². The average Bonchev–Trinajstić information content (AvgIpc) is 3.21. The standard InChI is InChI=1S/C22H20N2O5S/c1-2-28-22(27)29-18-10-8-15(9-11-18)21(26)24-17-6-3-5-16(13-17)23-20(25)14-19-7-4-12-30-19/h3-13H,2,14H2,1H3,(H,23,25)(H,24,26). The van der Waals surface area contributed by atoms with E-state index in [4.69, 9.17) is 9.47 Å². The number of carbonyl (C=O) groups is 3. The van der Waals surface area contributed by atoms with Crippen LogP contribution < -0.4 is 15.4 Å². The zero-order chi connectivity index (χ0) is 21.3. The van der Waals surface area contributed by atoms with Crippen molar-refractivity contribution >= 4 is 40.7 Å². The lowest BCUT2D eigenvalue weighted by Gasteiger charge is -2.09. The molecular weight excluding hydrogens is 404 g/mol. The number of anilines is 2. The summed E-state index contributed by atoms with van der Waals surface area (Å²) in [7, 11) is 0. The van der Waals surface area contributed by atoms with Gasteiger partial charge in [-0.3, -0.25) is 9.59 Å². The van der Waals surface area contributed by atoms with Crippen LogP contribution in [0.2, 0.25) is 0 Å². The Labute approximate surface area is 177 Å². The fourth-order valence-electron chi connectivity index (χ4n) is 2.57. The van der Waals surface area contributed by atoms with Gasteiger partial charge in [0.05, 0.1) is 13.0 Å². The summed E-state index contributed by atoms with van der Waals surface area (Å²) in [5.74, 6) is -0.182. The number of amides is 2. The molecule has 0 saturated heterocycles. The summed E-state index contributed by atoms with van der Waals surface area (Å²) >= 11 is 1.53. The lowest BCUT2D eigenvalue weighted by Crippen LogP contribution is -2.15. The number of ether oxygens (including phenoxy) is 2. The van der Waals surface area contributed by atoms with E-state index in [0.29, 0.717) is 23.4 Å². The van der Waals surface area contributed by atoms with Crippen molar-refractivity contribution in [3.8, 4) is 5.75 Å². The summed E-state index contributed by atoms with van der Waals surface area (Å²) < 4.78 is 9.67. The van der Waals surface area contributed by atoms with Gasteiger partial charge in [-0.25, -0.2) is 4.79 Å². The summed E-state index contributed by atoms with van der Waals surface area (Å²) in [6.07, 6.45) is -0.498. The van der Waals surface area contributed by atoms with Gasteiger partial charge in [-0.1, -0.05) is 12.1 Å². The summed E-state index contributed by atoms with van der Waals surface area (Å²) in [4.78, 5) is 36.9. The predicted molar refractivity (Wildman–Crippen MR) is 115 cm³/mol. The fourth-order valence-corrected chi connectivity index (χ4v) is 3.28. The van der Waals surface area contributed by atoms with E-state index in [1.807, 2.05) is 17.5 Å². The minimum absolute atomic E-state index is 0.127. The monoisotopic (exact) mass is 424 g/mol. The van der Waals surface area contributed by atoms with Gasteiger partial charge in [-0.2, -0.15) is 0 Å². The van der Waals surface area contributed by atoms with Crippen molar-refractivity contribution in [2.45, 2.75) is 13.3 Å². The Kier molecular flexibility index (Phi) is 7.18. The minimum atomic E-state index is -0.798. The zero-order valence-corrected chi connectivity index (χ0v) is 17.0. The molecule has 30 heavy (non-hydrogen) atoms. The maximum absolute atomic E-state index is 12.5. The van der Waals surface area contributed by atoms with Crippen molar-refractivity contribution in [3.05, 3.63) is 76.5 Å². The van der Waals surface area contributed by atoms with Gasteiger partial charge in [0.2, 0.25) is 5.91 Å². The molecule has 3 aromatic rings. The van der Waals surface area contributed by atoms with Gasteiger partial charge in [0.15, 0.2) is 0 Å². The molecule has 2 N–H and O–H groups in total. The minimum Gasteiger partial charge on any atom is -0.434 e. The second-order valence-electron chi connectivity index (χ2n) is 6.15. The summed E-state index contributed by atoms with van der Waals surface area (Å²) in [6, 6.07) is 16.8. The van der Waals surface area contributed by atoms with E-state index in [1.54, 1.807) is 31.2 Å². The Balaban J connectivity index is 1.58. The highest BCUT2D eigenvalue weighted by atomic mass is 32.1. The molecule has 0 radical (unpaired) electrons. The first-order chi connectivity index (χ1) is 14.5. The van der Waals surface area contributed by atoms with Crippen LogP contribution in [-0.2, 0) is 16.0 Å². The molecular formula is C22H20N2O5S. The van der Waals surface area contributed by atoms with Gasteiger partial charge in [-0.05, 0) is 60.8 Å². The normalized spacial score (nSPS) is 10.2. The van der Waals surface area contributed by atoms with Crippen LogP contribution in [0.15, 0.2) is 66.0 Å². The van der Waals surface area contributed by atoms with Crippen LogP contribution in [0.1, 0.15) is 22.2 Å². The Morgan fingerprint density at radius 1 is 0.933 bits per heavy atom. The first kappa shape index (κ1) is 21.1. The lowest BCUT2D eigenvalue weighted by molar-refractivity contribution is -0.115. The van der Waals surface area contributed by atoms with Crippen LogP contribution in [0.4, 0.5) is 16.2 Å². The number of rotatable bonds is 7. The van der Waals surface area contributed by atoms with Gasteiger partial charge < -0.3 is 20.1 Å². The maximum Gasteiger partial charge on any atom is 0.513 e. The molecule has 3 rings (SSSR count). The van der Waals surface area contributed by atoms with E-state index in [1.165, 1.54) is 35.6 Å². The number of hydrogen-bond donors (Lipinski definition) is 2. The largest absolute Gasteiger partial charge is 0.513 e. The first-order valence-corrected chi connectivity index (χ1v) is 10.1. The molecule has 2 aromatic carbocycles. The SMILES string of the molecule is CCOC(=O)Oc1ccc(C(=O)Nc2cccc(NC(=O)Cc3cccs3)c2)cc1. The summed E-state index contributed by atoms with van der Waals surface area (Å²) in [5, 5.41) is 7.53. The quantitative estimate of drug-likeness (QED) is 0.423. The van der Waals surface area contributed by atoms with Gasteiger partial charge in [0, 0.05) is 21.8 Å². The predicted octanol–water partition coefficient (Wildman–Crippen LogP) is 4.72. The van der Waals surface area contributed by atoms with Crippen LogP contribution in [0.5, 0.6) is 5.75 Å². The highest BCUT2D eigenvalue weighted by Gasteiger charge is 2.10. The number of hydrogen-bond acceptors (Lipinski definition) is 6. The summed E-state index contributed by atoms with van der Waals surface area (Å²) in [5.41, 5.74) is 1.52. The van der Waals surface area contributed by atoms with Crippen molar-refractivity contribution in [1.29, 1.82) is 0 Å². The molecule has 2 amide bonds. The smallest absolute Gasteiger partial charge is 0.434 e. The first-order valence-electron chi connectivity index (χ1n) is 9.22. The molecule has 0 bridgehead atoms. The van der Waals surface area contributed by atoms with Gasteiger partial charge in [-0.15, -0.1) is 11.3 Å². The van der Waals surface area contributed by atoms with Crippen LogP contribution in [-0.4, -0.2) is 24.6 Å². The van der Waals surface area contributed by atoms with Gasteiger partial charge >= 0.3 is 6.16 Å². The van der Waals surface area contributed by atoms with Crippen LogP contribution in [0, 0.1) is 0 Å². The van der Waals surface area contributed by atoms with Crippen molar-refractivity contribution < 1.29 is 23.9 Å². The second kappa shape index (κ2) is 10.2. The third-order valence-electron chi connectivity index (χ3n) is 3.90. The van der Waals surface area contributed by atoms with Crippen molar-refractivity contribution in [3.63, 3.8) is 0 Å². The molecule has 0 atom stereocenters. The summed E-state index contributed by atoms with van der Waals surface area (Å²) in [6.45, 7) is 1.89. The highest BCUT2D eigenvalue weighted by molar-refractivity contribution is 7.10. The Morgan fingerprint density at radius 3 is 2.33 bits per heavy atom. The number of thiophene rings is 1. The van der Waals surface area contributed by atoms with Gasteiger partial charge in [0.1, 0.15) is 5.75 Å². The van der Waals surface area contributed by atoms with E-state index in [0.717, 1.165) is 4.88 Å². The third-order valence-corrected chi connectivity index (χ3v) is 4.78. The third kappa shape index (κ3) is 6.18. The molecule has 154 valence electrons. The Hall–Kier alpha value is -3.65. The molecule has 0 aliphatic rings. The number of carbonyl (C=O) groups excluding carboxylic acids is 3. The molecule has 1 aromatic heterocycles. The topological polar surface area (TPSA) is 93.7 Å². The average molecular weight is 424 g/mol. The molecule has 0 saturated carbocycles. The molecule has 1 heterocycles. The molecule has 0 aliphatic carbocycles. The molecule has 7 nitrogen and oxygen atoms in total. The van der Waals surface area contributed by atoms with Crippen LogP contribution >= 0.6 is 11.3 Å². The Bertz CT molecular complexity index is 1020. The number of benzene rings is 2. The molecule has 0 fully saturated rings. The lowest BCUT2D eigenvalue weighted by atomic mass is 10.2. The molecule has 0 aliphatic heterocycles. The number of nitrogens with one attached hydrogen (secondary N) is 2. The van der Waals surface area contributed by atoms with Crippen molar-refractivity contribution in [2.75, 3.05) is 17.2 Å². The van der Waals surface area contributed by atoms with Crippen molar-refractivity contribution in [1.82, 2.24) is 0 Å². The molecule has 0 unspecified atom stereocenters. The Morgan fingerprint density at radius 2 is 1.67 bits per heavy atom. The van der Waals surface area contributed by atoms with Crippen LogP contribution in [0.3, 0.4) is 0 Å². The fraction of sp³-hybridized carbons (Fsp3) is 0.136. The molecule has 0 spiro atoms. The van der Waals surface area contributed by atoms with Crippen LogP contribution in [0.25, 0.3) is 0 Å². The van der Waals surface area contributed by atoms with E-state index in [-0.39, 0.29) is 24.2 Å². The van der Waals surface area contributed by atoms with E-state index in [9.17, 15) is 14.4 Å². The van der Waals surface area contributed by atoms with E-state index in [2.05, 4.69) is 10.6 Å². The molecule has 8 heteroatoms. The maximum atomic E-state index is 12.5. The van der Waals surface area contributed by atoms with E-state index >= 15 is 0 Å². The zero-order valence-electron chi connectivity index (χ0n) is 16.2.